The van der Waals surface area contributed by atoms with Crippen molar-refractivity contribution < 1.29 is 0 Å². The van der Waals surface area contributed by atoms with Gasteiger partial charge in [0, 0.05) is 44.3 Å². The van der Waals surface area contributed by atoms with E-state index in [1.807, 2.05) is 42.5 Å². The number of hydrogen-bond acceptors (Lipinski definition) is 1. The first-order chi connectivity index (χ1) is 4.93. The van der Waals surface area contributed by atoms with Gasteiger partial charge in [-0.15, -0.1) is 0 Å². The Bertz CT molecular complexity index is 206. The molecule has 0 heterocycles. The van der Waals surface area contributed by atoms with Crippen molar-refractivity contribution in [1.82, 2.24) is 0 Å². The monoisotopic (exact) mass is 173 g/mol. The normalized spacial score (nSPS) is 9.55. The molecule has 0 bridgehead atoms. The second-order valence-electron chi connectivity index (χ2n) is 2.05. The average Bonchev–Trinajstić information content (AvgIpc) is 2.03. The predicted octanol–water partition coefficient (Wildman–Crippen LogP) is 1.28. The minimum absolute atomic E-state index is 0. The van der Waals surface area contributed by atoms with Crippen LogP contribution < -0.4 is 5.73 Å². The van der Waals surface area contributed by atoms with Crippen LogP contribution in [0.1, 0.15) is 5.56 Å². The van der Waals surface area contributed by atoms with Gasteiger partial charge >= 0.3 is 0 Å². The molecule has 2 heteroatoms. The zero-order valence-corrected chi connectivity index (χ0v) is 8.74. The Balaban J connectivity index is 0.000001000. The Kier molecular flexibility index (Phi) is 6.98. The molecule has 0 saturated carbocycles. The summed E-state index contributed by atoms with van der Waals surface area (Å²) in [6.45, 7) is 0.606. The number of benzene rings is 1. The smallest absolute Gasteiger partial charge is 0.0110 e. The summed E-state index contributed by atoms with van der Waals surface area (Å²) in [4.78, 5) is 0. The minimum atomic E-state index is 0. The fourth-order valence-electron chi connectivity index (χ4n) is 0.768. The molecule has 0 spiro atoms. The van der Waals surface area contributed by atoms with Gasteiger partial charge < -0.3 is 5.73 Å². The zero-order valence-electron chi connectivity index (χ0n) is 6.53. The topological polar surface area (TPSA) is 26.0 Å². The van der Waals surface area contributed by atoms with Crippen molar-refractivity contribution in [3.63, 3.8) is 0 Å². The molecule has 0 amide bonds. The molecular weight excluding hydrogens is 162 g/mol. The van der Waals surface area contributed by atoms with E-state index in [2.05, 4.69) is 0 Å². The van der Waals surface area contributed by atoms with E-state index >= 15 is 0 Å². The van der Waals surface area contributed by atoms with Gasteiger partial charge in [-0.2, -0.15) is 0 Å². The molecule has 0 unspecified atom stereocenters. The second kappa shape index (κ2) is 6.86. The third kappa shape index (κ3) is 4.59. The third-order valence-electron chi connectivity index (χ3n) is 1.25. The van der Waals surface area contributed by atoms with Crippen LogP contribution in [-0.2, 0) is 0 Å². The first kappa shape index (κ1) is 11.2. The van der Waals surface area contributed by atoms with E-state index in [1.165, 1.54) is 5.56 Å². The summed E-state index contributed by atoms with van der Waals surface area (Å²) >= 11 is 0. The van der Waals surface area contributed by atoms with Gasteiger partial charge in [0.1, 0.15) is 0 Å². The Labute approximate surface area is 97.3 Å². The molecule has 0 fully saturated rings. The van der Waals surface area contributed by atoms with E-state index in [4.69, 9.17) is 5.73 Å². The third-order valence-corrected chi connectivity index (χ3v) is 1.25. The van der Waals surface area contributed by atoms with Gasteiger partial charge in [-0.05, 0) is 5.56 Å². The average molecular weight is 173 g/mol. The summed E-state index contributed by atoms with van der Waals surface area (Å²) in [7, 11) is 0. The fraction of sp³-hybridized carbons (Fsp3) is 0.111. The first-order valence-electron chi connectivity index (χ1n) is 3.35. The van der Waals surface area contributed by atoms with Crippen LogP contribution in [-0.4, -0.2) is 44.3 Å². The Morgan fingerprint density at radius 3 is 2.36 bits per heavy atom. The van der Waals surface area contributed by atoms with Crippen molar-refractivity contribution in [3.8, 4) is 0 Å². The van der Waals surface area contributed by atoms with Crippen molar-refractivity contribution >= 4 is 43.8 Å². The van der Waals surface area contributed by atoms with E-state index in [1.54, 1.807) is 0 Å². The van der Waals surface area contributed by atoms with E-state index in [0.29, 0.717) is 6.54 Å². The SMILES string of the molecule is NCC=Cc1ccccc1.[Ca]. The van der Waals surface area contributed by atoms with Gasteiger partial charge in [-0.1, -0.05) is 42.5 Å². The molecule has 0 saturated heterocycles. The van der Waals surface area contributed by atoms with Gasteiger partial charge in [-0.3, -0.25) is 0 Å². The summed E-state index contributed by atoms with van der Waals surface area (Å²) in [5.74, 6) is 0. The molecule has 2 radical (unpaired) electrons. The van der Waals surface area contributed by atoms with E-state index < -0.39 is 0 Å². The molecule has 1 aromatic rings. The molecule has 0 atom stereocenters. The summed E-state index contributed by atoms with van der Waals surface area (Å²) in [6, 6.07) is 10.1. The summed E-state index contributed by atoms with van der Waals surface area (Å²) in [6.07, 6.45) is 3.95. The maximum absolute atomic E-state index is 5.29. The van der Waals surface area contributed by atoms with Crippen LogP contribution in [0.3, 0.4) is 0 Å². The van der Waals surface area contributed by atoms with Crippen molar-refractivity contribution in [2.45, 2.75) is 0 Å². The maximum Gasteiger partial charge on any atom is 0.0110 e. The van der Waals surface area contributed by atoms with Crippen molar-refractivity contribution in [3.05, 3.63) is 42.0 Å². The predicted molar refractivity (Wildman–Crippen MR) is 50.3 cm³/mol. The zero-order chi connectivity index (χ0) is 7.23. The van der Waals surface area contributed by atoms with Crippen LogP contribution in [0.15, 0.2) is 36.4 Å². The van der Waals surface area contributed by atoms with Crippen LogP contribution in [0.5, 0.6) is 0 Å². The van der Waals surface area contributed by atoms with Crippen LogP contribution in [0.2, 0.25) is 0 Å². The van der Waals surface area contributed by atoms with Crippen molar-refractivity contribution in [2.24, 2.45) is 5.73 Å². The summed E-state index contributed by atoms with van der Waals surface area (Å²) in [5, 5.41) is 0. The van der Waals surface area contributed by atoms with Gasteiger partial charge in [0.2, 0.25) is 0 Å². The van der Waals surface area contributed by atoms with Crippen LogP contribution in [0.4, 0.5) is 0 Å². The molecule has 1 aromatic carbocycles. The molecule has 0 aliphatic heterocycles. The molecule has 1 rings (SSSR count). The van der Waals surface area contributed by atoms with E-state index in [9.17, 15) is 0 Å². The van der Waals surface area contributed by atoms with Crippen LogP contribution in [0.25, 0.3) is 6.08 Å². The molecule has 54 valence electrons. The molecule has 0 aliphatic carbocycles. The maximum atomic E-state index is 5.29. The molecule has 2 N–H and O–H groups in total. The molecule has 11 heavy (non-hydrogen) atoms. The van der Waals surface area contributed by atoms with Gasteiger partial charge in [-0.25, -0.2) is 0 Å². The van der Waals surface area contributed by atoms with Gasteiger partial charge in [0.15, 0.2) is 0 Å². The number of nitrogens with two attached hydrogens (primary N) is 1. The Morgan fingerprint density at radius 2 is 1.82 bits per heavy atom. The van der Waals surface area contributed by atoms with Crippen molar-refractivity contribution in [1.29, 1.82) is 0 Å². The van der Waals surface area contributed by atoms with Crippen LogP contribution >= 0.6 is 0 Å². The van der Waals surface area contributed by atoms with Gasteiger partial charge in [0.05, 0.1) is 0 Å². The first-order valence-corrected chi connectivity index (χ1v) is 3.35. The van der Waals surface area contributed by atoms with E-state index in [0.717, 1.165) is 0 Å². The number of hydrogen-bond donors (Lipinski definition) is 1. The Morgan fingerprint density at radius 1 is 1.18 bits per heavy atom. The number of rotatable bonds is 2. The Hall–Kier alpha value is 0.180. The largest absolute Gasteiger partial charge is 0.327 e. The second-order valence-corrected chi connectivity index (χ2v) is 2.05. The standard InChI is InChI=1S/C9H11N.Ca/c10-8-4-7-9-5-2-1-3-6-9;/h1-7H,8,10H2;. The quantitative estimate of drug-likeness (QED) is 0.670. The molecule has 0 aliphatic rings. The van der Waals surface area contributed by atoms with Crippen LogP contribution in [0, 0.1) is 0 Å². The van der Waals surface area contributed by atoms with E-state index in [-0.39, 0.29) is 37.7 Å². The van der Waals surface area contributed by atoms with Gasteiger partial charge in [0.25, 0.3) is 0 Å². The fourth-order valence-corrected chi connectivity index (χ4v) is 0.768. The summed E-state index contributed by atoms with van der Waals surface area (Å²) < 4.78 is 0. The summed E-state index contributed by atoms with van der Waals surface area (Å²) in [5.41, 5.74) is 6.49. The molecule has 1 nitrogen and oxygen atoms in total. The molecule has 0 aromatic heterocycles. The molecular formula is C9H11CaN. The van der Waals surface area contributed by atoms with Crippen molar-refractivity contribution in [2.75, 3.05) is 6.54 Å². The minimum Gasteiger partial charge on any atom is -0.327 e.